The molecule has 0 bridgehead atoms. The molecule has 132 valence electrons. The van der Waals surface area contributed by atoms with E-state index >= 15 is 0 Å². The summed E-state index contributed by atoms with van der Waals surface area (Å²) in [6.07, 6.45) is 1.56. The fourth-order valence-electron chi connectivity index (χ4n) is 2.33. The summed E-state index contributed by atoms with van der Waals surface area (Å²) in [4.78, 5) is 37.1. The van der Waals surface area contributed by atoms with E-state index in [0.29, 0.717) is 12.1 Å². The Hall–Kier alpha value is -2.89. The molecule has 6 nitrogen and oxygen atoms in total. The topological polar surface area (TPSA) is 68.6 Å². The quantitative estimate of drug-likeness (QED) is 0.597. The molecule has 2 rings (SSSR count). The molecule has 0 aliphatic rings. The number of carbonyl (C=O) groups excluding carboxylic acids is 3. The van der Waals surface area contributed by atoms with Gasteiger partial charge in [-0.1, -0.05) is 29.8 Å². The van der Waals surface area contributed by atoms with E-state index in [1.807, 2.05) is 31.2 Å². The Balaban J connectivity index is 1.91. The molecular formula is C19H22N2O4. The van der Waals surface area contributed by atoms with E-state index in [1.165, 1.54) is 22.5 Å². The average molecular weight is 342 g/mol. The normalized spacial score (nSPS) is 10.4. The van der Waals surface area contributed by atoms with Gasteiger partial charge in [-0.25, -0.2) is 4.79 Å². The molecule has 0 fully saturated rings. The van der Waals surface area contributed by atoms with Crippen LogP contribution in [0.3, 0.4) is 0 Å². The van der Waals surface area contributed by atoms with Crippen molar-refractivity contribution in [2.24, 2.45) is 7.05 Å². The van der Waals surface area contributed by atoms with Crippen molar-refractivity contribution in [1.29, 1.82) is 0 Å². The van der Waals surface area contributed by atoms with E-state index in [1.54, 1.807) is 20.3 Å². The van der Waals surface area contributed by atoms with Gasteiger partial charge in [0.15, 0.2) is 12.4 Å². The number of benzene rings is 1. The summed E-state index contributed by atoms with van der Waals surface area (Å²) in [6.45, 7) is 3.52. The number of esters is 1. The van der Waals surface area contributed by atoms with Gasteiger partial charge >= 0.3 is 5.97 Å². The summed E-state index contributed by atoms with van der Waals surface area (Å²) in [7, 11) is 3.31. The van der Waals surface area contributed by atoms with Crippen molar-refractivity contribution in [3.63, 3.8) is 0 Å². The number of amides is 1. The average Bonchev–Trinajstić information content (AvgIpc) is 2.96. The van der Waals surface area contributed by atoms with Crippen LogP contribution in [0.15, 0.2) is 36.5 Å². The number of hydrogen-bond donors (Lipinski definition) is 0. The predicted molar refractivity (Wildman–Crippen MR) is 93.4 cm³/mol. The minimum atomic E-state index is -0.632. The van der Waals surface area contributed by atoms with Gasteiger partial charge in [-0.05, 0) is 25.5 Å². The molecular weight excluding hydrogens is 320 g/mol. The van der Waals surface area contributed by atoms with Crippen LogP contribution < -0.4 is 0 Å². The lowest BCUT2D eigenvalue weighted by molar-refractivity contribution is -0.133. The van der Waals surface area contributed by atoms with Gasteiger partial charge in [-0.15, -0.1) is 0 Å². The van der Waals surface area contributed by atoms with Crippen LogP contribution in [-0.4, -0.2) is 40.8 Å². The molecule has 0 aliphatic heterocycles. The maximum absolute atomic E-state index is 12.1. The zero-order valence-corrected chi connectivity index (χ0v) is 14.9. The highest BCUT2D eigenvalue weighted by Crippen LogP contribution is 2.10. The predicted octanol–water partition coefficient (Wildman–Crippen LogP) is 2.35. The van der Waals surface area contributed by atoms with Crippen LogP contribution in [0.4, 0.5) is 0 Å². The summed E-state index contributed by atoms with van der Waals surface area (Å²) in [5, 5.41) is 0. The van der Waals surface area contributed by atoms with Crippen LogP contribution >= 0.6 is 0 Å². The van der Waals surface area contributed by atoms with E-state index in [-0.39, 0.29) is 24.0 Å². The lowest BCUT2D eigenvalue weighted by Gasteiger charge is -2.17. The lowest BCUT2D eigenvalue weighted by atomic mass is 10.1. The standard InChI is InChI=1S/C19H22N2O4/c1-13-5-7-15(8-6-13)10-21(4)18(23)12-25-19(24)17-9-16(14(2)22)11-20(17)3/h5-9,11H,10,12H2,1-4H3. The Morgan fingerprint density at radius 2 is 1.80 bits per heavy atom. The molecule has 0 aliphatic carbocycles. The third-order valence-electron chi connectivity index (χ3n) is 3.91. The highest BCUT2D eigenvalue weighted by atomic mass is 16.5. The van der Waals surface area contributed by atoms with E-state index in [4.69, 9.17) is 4.74 Å². The second-order valence-corrected chi connectivity index (χ2v) is 6.09. The molecule has 0 unspecified atom stereocenters. The maximum Gasteiger partial charge on any atom is 0.355 e. The van der Waals surface area contributed by atoms with Gasteiger partial charge in [0.25, 0.3) is 5.91 Å². The first-order valence-electron chi connectivity index (χ1n) is 7.92. The van der Waals surface area contributed by atoms with Crippen LogP contribution in [-0.2, 0) is 23.1 Å². The number of Topliss-reactive ketones (excluding diaryl/α,β-unsaturated/α-hetero) is 1. The third kappa shape index (κ3) is 4.79. The summed E-state index contributed by atoms with van der Waals surface area (Å²) in [6, 6.07) is 9.34. The Kier molecular flexibility index (Phi) is 5.75. The summed E-state index contributed by atoms with van der Waals surface area (Å²) in [5.74, 6) is -1.06. The second-order valence-electron chi connectivity index (χ2n) is 6.09. The van der Waals surface area contributed by atoms with Crippen molar-refractivity contribution in [2.75, 3.05) is 13.7 Å². The van der Waals surface area contributed by atoms with Crippen molar-refractivity contribution in [3.8, 4) is 0 Å². The molecule has 25 heavy (non-hydrogen) atoms. The fourth-order valence-corrected chi connectivity index (χ4v) is 2.33. The number of rotatable bonds is 6. The van der Waals surface area contributed by atoms with Gasteiger partial charge in [-0.3, -0.25) is 9.59 Å². The Labute approximate surface area is 147 Å². The van der Waals surface area contributed by atoms with Gasteiger partial charge in [0.1, 0.15) is 5.69 Å². The molecule has 0 spiro atoms. The number of ketones is 1. The number of nitrogens with zero attached hydrogens (tertiary/aromatic N) is 2. The molecule has 1 aromatic carbocycles. The zero-order chi connectivity index (χ0) is 18.6. The second kappa shape index (κ2) is 7.79. The van der Waals surface area contributed by atoms with Crippen LogP contribution in [0.2, 0.25) is 0 Å². The number of ether oxygens (including phenoxy) is 1. The number of aromatic nitrogens is 1. The van der Waals surface area contributed by atoms with Gasteiger partial charge in [0.05, 0.1) is 0 Å². The van der Waals surface area contributed by atoms with Gasteiger partial charge in [0, 0.05) is 32.4 Å². The monoisotopic (exact) mass is 342 g/mol. The molecule has 1 amide bonds. The fraction of sp³-hybridized carbons (Fsp3) is 0.316. The highest BCUT2D eigenvalue weighted by Gasteiger charge is 2.18. The van der Waals surface area contributed by atoms with E-state index < -0.39 is 5.97 Å². The van der Waals surface area contributed by atoms with Gasteiger partial charge in [-0.2, -0.15) is 0 Å². The minimum Gasteiger partial charge on any atom is -0.451 e. The van der Waals surface area contributed by atoms with E-state index in [9.17, 15) is 14.4 Å². The van der Waals surface area contributed by atoms with Crippen molar-refractivity contribution in [1.82, 2.24) is 9.47 Å². The van der Waals surface area contributed by atoms with Gasteiger partial charge in [0.2, 0.25) is 0 Å². The first-order valence-corrected chi connectivity index (χ1v) is 7.92. The molecule has 0 N–H and O–H groups in total. The molecule has 0 saturated heterocycles. The zero-order valence-electron chi connectivity index (χ0n) is 14.9. The largest absolute Gasteiger partial charge is 0.451 e. The van der Waals surface area contributed by atoms with Crippen molar-refractivity contribution >= 4 is 17.7 Å². The Morgan fingerprint density at radius 3 is 2.36 bits per heavy atom. The maximum atomic E-state index is 12.1. The van der Waals surface area contributed by atoms with E-state index in [2.05, 4.69) is 0 Å². The van der Waals surface area contributed by atoms with Crippen molar-refractivity contribution in [3.05, 3.63) is 58.9 Å². The first kappa shape index (κ1) is 18.4. The first-order chi connectivity index (χ1) is 11.8. The molecule has 1 aromatic heterocycles. The van der Waals surface area contributed by atoms with Crippen LogP contribution in [0.1, 0.15) is 38.9 Å². The van der Waals surface area contributed by atoms with Crippen LogP contribution in [0, 0.1) is 6.92 Å². The minimum absolute atomic E-state index is 0.136. The van der Waals surface area contributed by atoms with Crippen LogP contribution in [0.5, 0.6) is 0 Å². The summed E-state index contributed by atoms with van der Waals surface area (Å²) < 4.78 is 6.59. The molecule has 6 heteroatoms. The molecule has 2 aromatic rings. The molecule has 0 radical (unpaired) electrons. The van der Waals surface area contributed by atoms with Crippen molar-refractivity contribution < 1.29 is 19.1 Å². The van der Waals surface area contributed by atoms with Crippen molar-refractivity contribution in [2.45, 2.75) is 20.4 Å². The lowest BCUT2D eigenvalue weighted by Crippen LogP contribution is -2.31. The molecule has 0 atom stereocenters. The molecule has 0 saturated carbocycles. The highest BCUT2D eigenvalue weighted by molar-refractivity contribution is 5.98. The number of hydrogen-bond acceptors (Lipinski definition) is 4. The Morgan fingerprint density at radius 1 is 1.16 bits per heavy atom. The summed E-state index contributed by atoms with van der Waals surface area (Å²) >= 11 is 0. The molecule has 1 heterocycles. The van der Waals surface area contributed by atoms with Gasteiger partial charge < -0.3 is 14.2 Å². The number of carbonyl (C=O) groups is 3. The Bertz CT molecular complexity index is 790. The third-order valence-corrected chi connectivity index (χ3v) is 3.91. The smallest absolute Gasteiger partial charge is 0.355 e. The SMILES string of the molecule is CC(=O)c1cc(C(=O)OCC(=O)N(C)Cc2ccc(C)cc2)n(C)c1. The number of aryl methyl sites for hydroxylation is 2. The number of likely N-dealkylation sites (N-methyl/N-ethyl adjacent to an activating group) is 1. The van der Waals surface area contributed by atoms with E-state index in [0.717, 1.165) is 11.1 Å². The van der Waals surface area contributed by atoms with Crippen LogP contribution in [0.25, 0.3) is 0 Å². The summed E-state index contributed by atoms with van der Waals surface area (Å²) in [5.41, 5.74) is 2.82.